The van der Waals surface area contributed by atoms with Gasteiger partial charge in [-0.1, -0.05) is 127 Å². The Bertz CT molecular complexity index is 5220. The third-order valence-corrected chi connectivity index (χ3v) is 27.0. The Labute approximate surface area is 815 Å². The van der Waals surface area contributed by atoms with Gasteiger partial charge in [0.1, 0.15) is 71.5 Å². The zero-order valence-corrected chi connectivity index (χ0v) is 83.1. The number of carbonyl (C=O) groups is 6. The molecular formula is C98H124F6N9O18V3-3. The van der Waals surface area contributed by atoms with Gasteiger partial charge in [0.05, 0.1) is 72.7 Å². The van der Waals surface area contributed by atoms with E-state index in [1.807, 2.05) is 74.2 Å². The molecule has 3 saturated carbocycles. The van der Waals surface area contributed by atoms with Crippen LogP contribution in [0.3, 0.4) is 0 Å². The first-order valence-corrected chi connectivity index (χ1v) is 46.2. The summed E-state index contributed by atoms with van der Waals surface area (Å²) in [6.07, 6.45) is 6.09. The van der Waals surface area contributed by atoms with E-state index in [4.69, 9.17) is 42.6 Å². The molecule has 3 radical (unpaired) electrons. The average Bonchev–Trinajstić information content (AvgIpc) is 1.64. The first-order chi connectivity index (χ1) is 61.8. The molecule has 9 aliphatic rings. The maximum atomic E-state index is 16.0. The molecule has 6 bridgehead atoms. The van der Waals surface area contributed by atoms with Crippen molar-refractivity contribution in [2.75, 3.05) is 39.5 Å². The number of alkyl halides is 6. The van der Waals surface area contributed by atoms with Crippen LogP contribution in [0.2, 0.25) is 0 Å². The monoisotopic (exact) mass is 1980 g/mol. The minimum absolute atomic E-state index is 0. The molecule has 6 fully saturated rings. The van der Waals surface area contributed by atoms with Gasteiger partial charge >= 0.3 is 18.3 Å². The molecule has 3 saturated heterocycles. The number of aromatic nitrogens is 3. The summed E-state index contributed by atoms with van der Waals surface area (Å²) in [5.74, 6) is -11.8. The molecule has 134 heavy (non-hydrogen) atoms. The summed E-state index contributed by atoms with van der Waals surface area (Å²) >= 11 is 0. The van der Waals surface area contributed by atoms with Crippen molar-refractivity contribution in [2.24, 2.45) is 51.8 Å². The zero-order chi connectivity index (χ0) is 94.9. The fraction of sp³-hybridized carbons (Fsp3) is 0.633. The smallest absolute Gasteiger partial charge is 0.408 e. The average molecular weight is 1980 g/mol. The van der Waals surface area contributed by atoms with E-state index in [-0.39, 0.29) is 159 Å². The van der Waals surface area contributed by atoms with Crippen LogP contribution in [-0.2, 0) is 116 Å². The Balaban J connectivity index is 0.000000206. The number of nitrogens with zero attached hydrogens (tertiary/aromatic N) is 6. The molecule has 18 atom stereocenters. The number of halogens is 6. The van der Waals surface area contributed by atoms with E-state index >= 15 is 26.3 Å². The Morgan fingerprint density at radius 2 is 0.754 bits per heavy atom. The van der Waals surface area contributed by atoms with Crippen LogP contribution in [0, 0.1) is 51.8 Å². The van der Waals surface area contributed by atoms with Crippen molar-refractivity contribution in [1.82, 2.24) is 45.6 Å². The second-order valence-electron chi connectivity index (χ2n) is 40.0. The summed E-state index contributed by atoms with van der Waals surface area (Å²) in [4.78, 5) is 135. The van der Waals surface area contributed by atoms with E-state index in [1.165, 1.54) is 32.9 Å². The summed E-state index contributed by atoms with van der Waals surface area (Å²) in [6.45, 7) is 30.0. The number of amides is 6. The van der Waals surface area contributed by atoms with Crippen LogP contribution in [0.25, 0.3) is 32.7 Å². The van der Waals surface area contributed by atoms with Crippen molar-refractivity contribution in [3.05, 3.63) is 89.5 Å². The van der Waals surface area contributed by atoms with Crippen molar-refractivity contribution < 1.29 is 168 Å². The molecule has 36 heteroatoms. The molecule has 3 aliphatic carbocycles. The summed E-state index contributed by atoms with van der Waals surface area (Å²) in [7, 11) is 0. The number of rotatable bonds is 10. The van der Waals surface area contributed by atoms with E-state index in [1.54, 1.807) is 110 Å². The number of fused-ring (bicyclic) bond motifs is 15. The van der Waals surface area contributed by atoms with Gasteiger partial charge in [-0.05, 0) is 186 Å². The number of carbonyl (C=O) groups excluding carboxylic acids is 9. The van der Waals surface area contributed by atoms with Crippen LogP contribution >= 0.6 is 0 Å². The minimum Gasteiger partial charge on any atom is -0.540 e. The van der Waals surface area contributed by atoms with E-state index in [9.17, 15) is 43.2 Å². The number of nitrogens with one attached hydrogen (secondary N) is 3. The van der Waals surface area contributed by atoms with Crippen molar-refractivity contribution in [3.8, 4) is 34.9 Å². The van der Waals surface area contributed by atoms with E-state index < -0.39 is 167 Å². The van der Waals surface area contributed by atoms with Crippen LogP contribution < -0.4 is 44.4 Å². The SMILES string of the molecule is CCOc1ccc2cc3c(nc2c1)O[C@H]1CN(C(=O)[C@H](C(C)(C)C)NC(=O)O[C@@H]2C[C@H]2CCCCC3(F)F)[C@H]([C-]=O)[C@@H]1C.CCOc1ccc2cc3c(nc2c1)O[C@H]1CN(C(=O)[C@H](C(C)(C)C)NC(=O)O[C@@H]2C[C@H]2CCCCC3(F)F)[C@H]([C-]=O)[C@@H]1CC.CCOc1ccc2cc3c(nc2c1)O[C@H]1CN(C(=O)[C@H](C(C)(C)C)NC(=O)O[C@]2(C)C[C@H]2CCCCC3(F)F)[C@H]([C-]=O)[C@@H]1C.[V].[V].[V]. The van der Waals surface area contributed by atoms with Gasteiger partial charge in [0, 0.05) is 115 Å². The second kappa shape index (κ2) is 43.5. The van der Waals surface area contributed by atoms with Gasteiger partial charge < -0.3 is 87.7 Å². The molecule has 729 valence electrons. The number of hydrogen-bond donors (Lipinski definition) is 3. The number of pyridine rings is 3. The number of hydrogen-bond acceptors (Lipinski definition) is 21. The van der Waals surface area contributed by atoms with Crippen molar-refractivity contribution in [1.29, 1.82) is 0 Å². The Kier molecular flexibility index (Phi) is 34.8. The molecule has 15 rings (SSSR count). The zero-order valence-electron chi connectivity index (χ0n) is 78.9. The molecule has 6 amide bonds. The van der Waals surface area contributed by atoms with E-state index in [2.05, 4.69) is 30.9 Å². The van der Waals surface area contributed by atoms with E-state index in [0.29, 0.717) is 134 Å². The Hall–Kier alpha value is -8.75. The van der Waals surface area contributed by atoms with Crippen molar-refractivity contribution in [3.63, 3.8) is 0 Å². The molecule has 6 aliphatic heterocycles. The minimum atomic E-state index is -3.26. The molecular weight excluding hydrogens is 1860 g/mol. The van der Waals surface area contributed by atoms with Crippen molar-refractivity contribution in [2.45, 2.75) is 304 Å². The maximum Gasteiger partial charge on any atom is 0.408 e. The van der Waals surface area contributed by atoms with Gasteiger partial charge in [0.15, 0.2) is 0 Å². The Morgan fingerprint density at radius 3 is 1.08 bits per heavy atom. The largest absolute Gasteiger partial charge is 0.540 e. The van der Waals surface area contributed by atoms with E-state index in [0.717, 1.165) is 0 Å². The molecule has 0 spiro atoms. The molecule has 6 aromatic rings. The van der Waals surface area contributed by atoms with Crippen LogP contribution in [0.5, 0.6) is 34.9 Å². The molecule has 3 N–H and O–H groups in total. The standard InChI is InChI=1S/2C33H42F2N3O6.C32H40F2N3O6.3V/c1-7-42-22-12-11-20-14-23-28(36-24(20)15-22)43-26-17-38(25(18-39)19(26)2)29(40)27(31(3,4)5)37-30(41)44-32(6)16-21(32)10-8-9-13-33(23,34)35;1-6-22-25(18-39)38-17-27(22)43-29-23(14-19-11-12-21(42-7-2)16-24(19)36-29)33(34,35)13-9-8-10-20-15-26(20)44-31(41)37-28(30(38)40)32(3,4)5;1-6-41-21-11-10-19-13-22-28(35-23(19)15-21)42-26-16-37(24(17-38)18(26)2)29(39)27(31(3,4)5)36-30(40)43-25-14-20(25)9-7-8-12-32(22,33)34;;;/h11-12,14-15,19,21,25-27H,7-10,13,16-17H2,1-6H3,(H,37,41);11-12,14,16,20,22,25-28H,6-10,13,15,17H2,1-5H3,(H,37,41);10-11,13,15,18,20,24-27H,6-9,12,14,16H2,1-5H3,(H,36,40);;;/q3*-1;;;/t19-,21+,25+,26-,27+,32+;20-,22+,25-,26-,27+,28-;18-,20+,24+,25+,26-,27+;;;/m010.../s1. The third kappa shape index (κ3) is 24.7. The number of alkyl carbamates (subject to hydrolysis) is 3. The van der Waals surface area contributed by atoms with Gasteiger partial charge in [-0.15, -0.1) is 0 Å². The van der Waals surface area contributed by atoms with Crippen molar-refractivity contribution >= 4 is 87.6 Å². The van der Waals surface area contributed by atoms with Gasteiger partial charge in [-0.2, -0.15) is 0 Å². The molecule has 3 aromatic carbocycles. The van der Waals surface area contributed by atoms with Crippen LogP contribution in [0.1, 0.15) is 230 Å². The maximum absolute atomic E-state index is 16.0. The van der Waals surface area contributed by atoms with Gasteiger partial charge in [0.25, 0.3) is 17.8 Å². The van der Waals surface area contributed by atoms with Gasteiger partial charge in [0.2, 0.25) is 35.4 Å². The summed E-state index contributed by atoms with van der Waals surface area (Å²) in [5, 5.41) is 9.78. The van der Waals surface area contributed by atoms with Crippen LogP contribution in [-0.4, -0.2) is 196 Å². The third-order valence-electron chi connectivity index (χ3n) is 27.0. The predicted molar refractivity (Wildman–Crippen MR) is 474 cm³/mol. The first-order valence-electron chi connectivity index (χ1n) is 46.2. The summed E-state index contributed by atoms with van der Waals surface area (Å²) < 4.78 is 148. The summed E-state index contributed by atoms with van der Waals surface area (Å²) in [5.41, 5.74) is -2.61. The van der Waals surface area contributed by atoms with Gasteiger partial charge in [-0.3, -0.25) is 14.4 Å². The Morgan fingerprint density at radius 1 is 0.433 bits per heavy atom. The predicted octanol–water partition coefficient (Wildman–Crippen LogP) is 17.4. The number of benzene rings is 3. The molecule has 0 unspecified atom stereocenters. The molecule has 3 aromatic heterocycles. The summed E-state index contributed by atoms with van der Waals surface area (Å²) in [6, 6.07) is 13.4. The van der Waals surface area contributed by atoms with Crippen LogP contribution in [0.15, 0.2) is 72.8 Å². The number of ether oxygens (including phenoxy) is 9. The fourth-order valence-corrected chi connectivity index (χ4v) is 18.8. The van der Waals surface area contributed by atoms with Crippen LogP contribution in [0.4, 0.5) is 40.7 Å². The molecule has 27 nitrogen and oxygen atoms in total. The second-order valence-corrected chi connectivity index (χ2v) is 40.0. The first kappa shape index (κ1) is 107. The fourth-order valence-electron chi connectivity index (χ4n) is 18.8. The normalized spacial score (nSPS) is 29.3. The molecule has 9 heterocycles. The topological polar surface area (TPSA) is 321 Å². The quantitative estimate of drug-likeness (QED) is 0.0651. The van der Waals surface area contributed by atoms with Gasteiger partial charge in [-0.25, -0.2) is 74.5 Å².